The lowest BCUT2D eigenvalue weighted by molar-refractivity contribution is 0.171. The van der Waals surface area contributed by atoms with E-state index in [1.807, 2.05) is 0 Å². The van der Waals surface area contributed by atoms with Gasteiger partial charge in [-0.2, -0.15) is 0 Å². The van der Waals surface area contributed by atoms with Crippen molar-refractivity contribution in [3.8, 4) is 0 Å². The van der Waals surface area contributed by atoms with Gasteiger partial charge in [0, 0.05) is 39.4 Å². The zero-order valence-corrected chi connectivity index (χ0v) is 11.1. The molecule has 0 aliphatic heterocycles. The minimum atomic E-state index is 0.576. The van der Waals surface area contributed by atoms with Gasteiger partial charge in [0.15, 0.2) is 0 Å². The highest BCUT2D eigenvalue weighted by atomic mass is 16.5. The molecule has 0 aromatic rings. The summed E-state index contributed by atoms with van der Waals surface area (Å²) in [6.45, 7) is 8.69. The Balaban J connectivity index is 1.94. The molecule has 0 aromatic heterocycles. The van der Waals surface area contributed by atoms with Crippen LogP contribution in [0.2, 0.25) is 0 Å². The molecule has 16 heavy (non-hydrogen) atoms. The van der Waals surface area contributed by atoms with E-state index in [4.69, 9.17) is 4.74 Å². The minimum Gasteiger partial charge on any atom is -0.385 e. The lowest BCUT2D eigenvalue weighted by Gasteiger charge is -2.16. The highest BCUT2D eigenvalue weighted by Crippen LogP contribution is 2.48. The van der Waals surface area contributed by atoms with Crippen molar-refractivity contribution in [1.29, 1.82) is 0 Å². The largest absolute Gasteiger partial charge is 0.385 e. The molecule has 3 heteroatoms. The Morgan fingerprint density at radius 2 is 2.06 bits per heavy atom. The highest BCUT2D eigenvalue weighted by Gasteiger charge is 2.41. The molecule has 0 saturated heterocycles. The van der Waals surface area contributed by atoms with Crippen LogP contribution in [0.3, 0.4) is 0 Å². The van der Waals surface area contributed by atoms with Crippen molar-refractivity contribution < 1.29 is 4.74 Å². The molecule has 1 rings (SSSR count). The van der Waals surface area contributed by atoms with Crippen molar-refractivity contribution in [3.63, 3.8) is 0 Å². The quantitative estimate of drug-likeness (QED) is 0.559. The van der Waals surface area contributed by atoms with Gasteiger partial charge in [-0.05, 0) is 38.0 Å². The fraction of sp³-hybridized carbons (Fsp3) is 1.00. The zero-order chi connectivity index (χ0) is 11.9. The normalized spacial score (nSPS) is 19.7. The van der Waals surface area contributed by atoms with Gasteiger partial charge >= 0.3 is 0 Å². The number of ether oxygens (including phenoxy) is 1. The fourth-order valence-corrected chi connectivity index (χ4v) is 1.92. The molecule has 1 unspecified atom stereocenters. The van der Waals surface area contributed by atoms with Gasteiger partial charge in [-0.25, -0.2) is 0 Å². The molecular weight excluding hydrogens is 200 g/mol. The van der Waals surface area contributed by atoms with Gasteiger partial charge in [-0.3, -0.25) is 0 Å². The van der Waals surface area contributed by atoms with Crippen LogP contribution in [0.15, 0.2) is 0 Å². The smallest absolute Gasteiger partial charge is 0.0468 e. The molecule has 3 nitrogen and oxygen atoms in total. The van der Waals surface area contributed by atoms with Crippen molar-refractivity contribution in [3.05, 3.63) is 0 Å². The zero-order valence-electron chi connectivity index (χ0n) is 11.1. The molecular formula is C13H28N2O. The first-order valence-electron chi connectivity index (χ1n) is 6.65. The van der Waals surface area contributed by atoms with Gasteiger partial charge in [0.1, 0.15) is 0 Å². The van der Waals surface area contributed by atoms with E-state index in [2.05, 4.69) is 24.5 Å². The number of hydrogen-bond acceptors (Lipinski definition) is 3. The molecule has 0 heterocycles. The molecule has 0 aromatic carbocycles. The summed E-state index contributed by atoms with van der Waals surface area (Å²) in [4.78, 5) is 0. The third-order valence-corrected chi connectivity index (χ3v) is 3.70. The summed E-state index contributed by atoms with van der Waals surface area (Å²) in [5.74, 6) is 0. The Bertz CT molecular complexity index is 181. The van der Waals surface area contributed by atoms with E-state index in [0.29, 0.717) is 11.5 Å². The molecule has 2 N–H and O–H groups in total. The van der Waals surface area contributed by atoms with Gasteiger partial charge in [-0.15, -0.1) is 0 Å². The molecule has 96 valence electrons. The highest BCUT2D eigenvalue weighted by molar-refractivity contribution is 4.94. The summed E-state index contributed by atoms with van der Waals surface area (Å²) in [7, 11) is 1.79. The van der Waals surface area contributed by atoms with E-state index in [9.17, 15) is 0 Å². The van der Waals surface area contributed by atoms with E-state index in [1.54, 1.807) is 7.11 Å². The number of nitrogens with one attached hydrogen (secondary N) is 2. The van der Waals surface area contributed by atoms with Crippen LogP contribution in [0.5, 0.6) is 0 Å². The van der Waals surface area contributed by atoms with Crippen molar-refractivity contribution in [1.82, 2.24) is 10.6 Å². The summed E-state index contributed by atoms with van der Waals surface area (Å²) in [6.07, 6.45) is 5.18. The Morgan fingerprint density at radius 3 is 2.62 bits per heavy atom. The lowest BCUT2D eigenvalue weighted by atomic mass is 10.0. The Kier molecular flexibility index (Phi) is 6.32. The average molecular weight is 228 g/mol. The summed E-state index contributed by atoms with van der Waals surface area (Å²) >= 11 is 0. The van der Waals surface area contributed by atoms with Gasteiger partial charge in [-0.1, -0.05) is 6.92 Å². The van der Waals surface area contributed by atoms with Gasteiger partial charge in [0.2, 0.25) is 0 Å². The summed E-state index contributed by atoms with van der Waals surface area (Å²) in [5, 5.41) is 7.05. The first-order chi connectivity index (χ1) is 7.72. The third kappa shape index (κ3) is 5.28. The number of methoxy groups -OCH3 is 1. The Hall–Kier alpha value is -0.120. The second kappa shape index (κ2) is 7.25. The molecule has 0 radical (unpaired) electrons. The monoisotopic (exact) mass is 228 g/mol. The van der Waals surface area contributed by atoms with Crippen LogP contribution < -0.4 is 10.6 Å². The van der Waals surface area contributed by atoms with Crippen molar-refractivity contribution >= 4 is 0 Å². The molecule has 1 aliphatic carbocycles. The second-order valence-corrected chi connectivity index (χ2v) is 5.18. The van der Waals surface area contributed by atoms with Crippen LogP contribution in [0, 0.1) is 5.41 Å². The maximum Gasteiger partial charge on any atom is 0.0468 e. The van der Waals surface area contributed by atoms with E-state index in [0.717, 1.165) is 19.7 Å². The van der Waals surface area contributed by atoms with Crippen LogP contribution in [-0.4, -0.2) is 39.4 Å². The maximum atomic E-state index is 5.15. The first kappa shape index (κ1) is 13.9. The number of rotatable bonds is 10. The molecule has 1 fully saturated rings. The summed E-state index contributed by atoms with van der Waals surface area (Å²) < 4.78 is 5.15. The molecule has 1 aliphatic rings. The van der Waals surface area contributed by atoms with Crippen LogP contribution >= 0.6 is 0 Å². The Morgan fingerprint density at radius 1 is 1.31 bits per heavy atom. The number of hydrogen-bond donors (Lipinski definition) is 2. The summed E-state index contributed by atoms with van der Waals surface area (Å²) in [6, 6.07) is 0.644. The van der Waals surface area contributed by atoms with E-state index in [-0.39, 0.29) is 0 Å². The van der Waals surface area contributed by atoms with Crippen molar-refractivity contribution in [2.45, 2.75) is 45.6 Å². The van der Waals surface area contributed by atoms with Crippen LogP contribution in [-0.2, 0) is 4.74 Å². The van der Waals surface area contributed by atoms with Gasteiger partial charge in [0.05, 0.1) is 0 Å². The molecule has 1 saturated carbocycles. The molecule has 1 atom stereocenters. The maximum absolute atomic E-state index is 5.15. The SMILES string of the molecule is CCC(C)NCCNCC1(CCOC)CC1. The third-order valence-electron chi connectivity index (χ3n) is 3.70. The molecule has 0 spiro atoms. The van der Waals surface area contributed by atoms with E-state index < -0.39 is 0 Å². The van der Waals surface area contributed by atoms with Gasteiger partial charge < -0.3 is 15.4 Å². The van der Waals surface area contributed by atoms with E-state index in [1.165, 1.54) is 32.2 Å². The predicted molar refractivity (Wildman–Crippen MR) is 68.8 cm³/mol. The van der Waals surface area contributed by atoms with Crippen LogP contribution in [0.4, 0.5) is 0 Å². The van der Waals surface area contributed by atoms with Gasteiger partial charge in [0.25, 0.3) is 0 Å². The van der Waals surface area contributed by atoms with Crippen molar-refractivity contribution in [2.75, 3.05) is 33.4 Å². The van der Waals surface area contributed by atoms with Crippen LogP contribution in [0.25, 0.3) is 0 Å². The topological polar surface area (TPSA) is 33.3 Å². The molecule has 0 bridgehead atoms. The second-order valence-electron chi connectivity index (χ2n) is 5.18. The summed E-state index contributed by atoms with van der Waals surface area (Å²) in [5.41, 5.74) is 0.576. The van der Waals surface area contributed by atoms with Crippen molar-refractivity contribution in [2.24, 2.45) is 5.41 Å². The Labute approximate surface area is 100 Å². The first-order valence-corrected chi connectivity index (χ1v) is 6.65. The predicted octanol–water partition coefficient (Wildman–Crippen LogP) is 1.78. The van der Waals surface area contributed by atoms with E-state index >= 15 is 0 Å². The average Bonchev–Trinajstić information content (AvgIpc) is 3.06. The molecule has 0 amide bonds. The van der Waals surface area contributed by atoms with Crippen LogP contribution in [0.1, 0.15) is 39.5 Å². The fourth-order valence-electron chi connectivity index (χ4n) is 1.92. The lowest BCUT2D eigenvalue weighted by Crippen LogP contribution is -2.35. The minimum absolute atomic E-state index is 0.576. The standard InChI is InChI=1S/C13H28N2O/c1-4-12(2)15-9-8-14-11-13(5-6-13)7-10-16-3/h12,14-15H,4-11H2,1-3H3.